The molecule has 2 aliphatic rings. The van der Waals surface area contributed by atoms with E-state index in [1.807, 2.05) is 0 Å². The molecule has 1 aliphatic carbocycles. The van der Waals surface area contributed by atoms with Crippen molar-refractivity contribution in [3.05, 3.63) is 0 Å². The normalized spacial score (nSPS) is 30.7. The molecule has 0 aromatic rings. The van der Waals surface area contributed by atoms with Crippen molar-refractivity contribution in [1.82, 2.24) is 5.32 Å². The number of ketones is 1. The third-order valence-corrected chi connectivity index (χ3v) is 3.71. The maximum atomic E-state index is 12.9. The first-order valence-electron chi connectivity index (χ1n) is 5.76. The van der Waals surface area contributed by atoms with Crippen molar-refractivity contribution >= 4 is 5.78 Å². The topological polar surface area (TPSA) is 29.1 Å². The van der Waals surface area contributed by atoms with Gasteiger partial charge in [-0.05, 0) is 25.3 Å². The second kappa shape index (κ2) is 4.02. The standard InChI is InChI=1S/C11H16F3NO/c12-11(13,14)10(5-6-15-7-10)9(16)4-3-8-1-2-8/h8,15H,1-7H2. The van der Waals surface area contributed by atoms with Gasteiger partial charge in [-0.15, -0.1) is 0 Å². The van der Waals surface area contributed by atoms with Gasteiger partial charge in [0.15, 0.2) is 0 Å². The van der Waals surface area contributed by atoms with E-state index in [4.69, 9.17) is 0 Å². The van der Waals surface area contributed by atoms with E-state index in [0.29, 0.717) is 12.3 Å². The molecule has 1 atom stereocenters. The number of hydrogen-bond acceptors (Lipinski definition) is 2. The lowest BCUT2D eigenvalue weighted by molar-refractivity contribution is -0.214. The van der Waals surface area contributed by atoms with Crippen LogP contribution in [0.5, 0.6) is 0 Å². The monoisotopic (exact) mass is 235 g/mol. The Morgan fingerprint density at radius 3 is 2.50 bits per heavy atom. The van der Waals surface area contributed by atoms with Gasteiger partial charge in [-0.2, -0.15) is 13.2 Å². The van der Waals surface area contributed by atoms with Gasteiger partial charge in [0.1, 0.15) is 11.2 Å². The summed E-state index contributed by atoms with van der Waals surface area (Å²) in [5, 5.41) is 2.66. The fourth-order valence-corrected chi connectivity index (χ4v) is 2.31. The van der Waals surface area contributed by atoms with Crippen LogP contribution < -0.4 is 5.32 Å². The molecule has 1 saturated carbocycles. The van der Waals surface area contributed by atoms with Crippen LogP contribution in [0, 0.1) is 11.3 Å². The second-order valence-corrected chi connectivity index (χ2v) is 4.91. The van der Waals surface area contributed by atoms with E-state index in [1.165, 1.54) is 0 Å². The molecule has 1 aliphatic heterocycles. The van der Waals surface area contributed by atoms with Gasteiger partial charge in [-0.3, -0.25) is 4.79 Å². The van der Waals surface area contributed by atoms with E-state index in [2.05, 4.69) is 5.32 Å². The van der Waals surface area contributed by atoms with Crippen molar-refractivity contribution in [2.45, 2.75) is 38.3 Å². The summed E-state index contributed by atoms with van der Waals surface area (Å²) >= 11 is 0. The summed E-state index contributed by atoms with van der Waals surface area (Å²) < 4.78 is 38.8. The third-order valence-electron chi connectivity index (χ3n) is 3.71. The lowest BCUT2D eigenvalue weighted by Crippen LogP contribution is -2.46. The fraction of sp³-hybridized carbons (Fsp3) is 0.909. The lowest BCUT2D eigenvalue weighted by Gasteiger charge is -2.29. The zero-order chi connectivity index (χ0) is 11.8. The number of carbonyl (C=O) groups excluding carboxylic acids is 1. The molecule has 5 heteroatoms. The second-order valence-electron chi connectivity index (χ2n) is 4.91. The first-order valence-corrected chi connectivity index (χ1v) is 5.76. The number of rotatable bonds is 4. The Kier molecular flexibility index (Phi) is 2.99. The highest BCUT2D eigenvalue weighted by Gasteiger charge is 2.60. The third kappa shape index (κ3) is 2.10. The number of hydrogen-bond donors (Lipinski definition) is 1. The number of alkyl halides is 3. The summed E-state index contributed by atoms with van der Waals surface area (Å²) in [6, 6.07) is 0. The molecule has 2 rings (SSSR count). The van der Waals surface area contributed by atoms with E-state index in [-0.39, 0.29) is 25.9 Å². The summed E-state index contributed by atoms with van der Waals surface area (Å²) in [6.45, 7) is 0.0503. The first kappa shape index (κ1) is 11.9. The van der Waals surface area contributed by atoms with Crippen molar-refractivity contribution < 1.29 is 18.0 Å². The maximum Gasteiger partial charge on any atom is 0.402 e. The zero-order valence-electron chi connectivity index (χ0n) is 9.07. The first-order chi connectivity index (χ1) is 7.46. The fourth-order valence-electron chi connectivity index (χ4n) is 2.31. The molecule has 1 saturated heterocycles. The average Bonchev–Trinajstić information content (AvgIpc) is 2.87. The van der Waals surface area contributed by atoms with Crippen LogP contribution in [0.2, 0.25) is 0 Å². The van der Waals surface area contributed by atoms with E-state index in [0.717, 1.165) is 12.8 Å². The van der Waals surface area contributed by atoms with Crippen LogP contribution in [0.4, 0.5) is 13.2 Å². The SMILES string of the molecule is O=C(CCC1CC1)C1(C(F)(F)F)CCNC1. The largest absolute Gasteiger partial charge is 0.402 e. The van der Waals surface area contributed by atoms with Gasteiger partial charge in [0.25, 0.3) is 0 Å². The van der Waals surface area contributed by atoms with Gasteiger partial charge in [0.2, 0.25) is 0 Å². The molecule has 0 amide bonds. The number of Topliss-reactive ketones (excluding diaryl/α,β-unsaturated/α-hetero) is 1. The summed E-state index contributed by atoms with van der Waals surface area (Å²) in [5.41, 5.74) is -2.10. The Labute approximate surface area is 92.6 Å². The van der Waals surface area contributed by atoms with Gasteiger partial charge in [0, 0.05) is 13.0 Å². The van der Waals surface area contributed by atoms with Gasteiger partial charge >= 0.3 is 6.18 Å². The molecular weight excluding hydrogens is 219 g/mol. The number of nitrogens with one attached hydrogen (secondary N) is 1. The van der Waals surface area contributed by atoms with Crippen LogP contribution in [0.1, 0.15) is 32.1 Å². The molecule has 0 radical (unpaired) electrons. The lowest BCUT2D eigenvalue weighted by atomic mass is 9.79. The van der Waals surface area contributed by atoms with E-state index in [9.17, 15) is 18.0 Å². The predicted octanol–water partition coefficient (Wildman–Crippen LogP) is 2.29. The summed E-state index contributed by atoms with van der Waals surface area (Å²) in [4.78, 5) is 11.8. The average molecular weight is 235 g/mol. The van der Waals surface area contributed by atoms with Gasteiger partial charge < -0.3 is 5.32 Å². The van der Waals surface area contributed by atoms with Crippen LogP contribution in [0.25, 0.3) is 0 Å². The van der Waals surface area contributed by atoms with E-state index < -0.39 is 17.4 Å². The Hall–Kier alpha value is -0.580. The van der Waals surface area contributed by atoms with Crippen LogP contribution in [0.15, 0.2) is 0 Å². The Morgan fingerprint density at radius 1 is 1.38 bits per heavy atom. The molecule has 2 nitrogen and oxygen atoms in total. The number of halogens is 3. The van der Waals surface area contributed by atoms with Gasteiger partial charge in [-0.25, -0.2) is 0 Å². The molecule has 0 aromatic carbocycles. The van der Waals surface area contributed by atoms with E-state index >= 15 is 0 Å². The van der Waals surface area contributed by atoms with Gasteiger partial charge in [-0.1, -0.05) is 12.8 Å². The molecule has 16 heavy (non-hydrogen) atoms. The van der Waals surface area contributed by atoms with Crippen molar-refractivity contribution in [2.24, 2.45) is 11.3 Å². The molecule has 1 heterocycles. The molecule has 0 aromatic heterocycles. The van der Waals surface area contributed by atoms with Crippen molar-refractivity contribution in [1.29, 1.82) is 0 Å². The molecule has 92 valence electrons. The van der Waals surface area contributed by atoms with Crippen molar-refractivity contribution in [2.75, 3.05) is 13.1 Å². The highest BCUT2D eigenvalue weighted by Crippen LogP contribution is 2.45. The zero-order valence-corrected chi connectivity index (χ0v) is 9.07. The summed E-state index contributed by atoms with van der Waals surface area (Å²) in [5.74, 6) is -0.111. The summed E-state index contributed by atoms with van der Waals surface area (Å²) in [7, 11) is 0. The maximum absolute atomic E-state index is 12.9. The van der Waals surface area contributed by atoms with Crippen molar-refractivity contribution in [3.8, 4) is 0 Å². The Morgan fingerprint density at radius 2 is 2.06 bits per heavy atom. The van der Waals surface area contributed by atoms with Crippen LogP contribution in [-0.4, -0.2) is 25.0 Å². The Balaban J connectivity index is 2.02. The van der Waals surface area contributed by atoms with Gasteiger partial charge in [0.05, 0.1) is 0 Å². The minimum absolute atomic E-state index is 0.0891. The van der Waals surface area contributed by atoms with Crippen LogP contribution >= 0.6 is 0 Å². The highest BCUT2D eigenvalue weighted by molar-refractivity contribution is 5.86. The van der Waals surface area contributed by atoms with Crippen molar-refractivity contribution in [3.63, 3.8) is 0 Å². The molecule has 1 unspecified atom stereocenters. The minimum atomic E-state index is -4.41. The molecule has 2 fully saturated rings. The molecule has 1 N–H and O–H groups in total. The van der Waals surface area contributed by atoms with Crippen LogP contribution in [-0.2, 0) is 4.79 Å². The number of carbonyl (C=O) groups is 1. The van der Waals surface area contributed by atoms with Crippen LogP contribution in [0.3, 0.4) is 0 Å². The minimum Gasteiger partial charge on any atom is -0.315 e. The molecule has 0 bridgehead atoms. The summed E-state index contributed by atoms with van der Waals surface area (Å²) in [6.07, 6.45) is -1.63. The Bertz CT molecular complexity index is 277. The smallest absolute Gasteiger partial charge is 0.315 e. The highest BCUT2D eigenvalue weighted by atomic mass is 19.4. The predicted molar refractivity (Wildman–Crippen MR) is 52.9 cm³/mol. The quantitative estimate of drug-likeness (QED) is 0.810. The molecular formula is C11H16F3NO. The van der Waals surface area contributed by atoms with E-state index in [1.54, 1.807) is 0 Å². The molecule has 0 spiro atoms.